The highest BCUT2D eigenvalue weighted by Crippen LogP contribution is 2.49. The van der Waals surface area contributed by atoms with Gasteiger partial charge in [-0.3, -0.25) is 4.98 Å². The van der Waals surface area contributed by atoms with Crippen molar-refractivity contribution in [2.45, 2.75) is 32.2 Å². The number of benzene rings is 1. The second-order valence-electron chi connectivity index (χ2n) is 6.96. The van der Waals surface area contributed by atoms with Gasteiger partial charge in [-0.15, -0.1) is 0 Å². The number of hydrogen-bond donors (Lipinski definition) is 1. The Balaban J connectivity index is 2.07. The predicted molar refractivity (Wildman–Crippen MR) is 93.4 cm³/mol. The van der Waals surface area contributed by atoms with Crippen molar-refractivity contribution in [2.24, 2.45) is 5.41 Å². The van der Waals surface area contributed by atoms with Gasteiger partial charge in [0.2, 0.25) is 0 Å². The Morgan fingerprint density at radius 3 is 2.57 bits per heavy atom. The number of rotatable bonds is 4. The molecular formula is C20H26N2O. The van der Waals surface area contributed by atoms with Crippen LogP contribution < -0.4 is 0 Å². The summed E-state index contributed by atoms with van der Waals surface area (Å²) in [5, 5.41) is 11.9. The molecule has 1 unspecified atom stereocenters. The van der Waals surface area contributed by atoms with Gasteiger partial charge in [0.1, 0.15) is 5.60 Å². The lowest BCUT2D eigenvalue weighted by Gasteiger charge is -2.55. The molecule has 1 aromatic carbocycles. The molecule has 2 aromatic rings. The van der Waals surface area contributed by atoms with Crippen LogP contribution in [-0.4, -0.2) is 35.1 Å². The Kier molecular flexibility index (Phi) is 2.93. The predicted octanol–water partition coefficient (Wildman–Crippen LogP) is 3.39. The van der Waals surface area contributed by atoms with E-state index in [0.29, 0.717) is 29.8 Å². The van der Waals surface area contributed by atoms with Crippen LogP contribution in [0.5, 0.6) is 0 Å². The van der Waals surface area contributed by atoms with E-state index >= 15 is 0 Å². The first-order valence-electron chi connectivity index (χ1n) is 9.91. The molecule has 1 fully saturated rings. The minimum Gasteiger partial charge on any atom is -0.380 e. The number of nitrogens with zero attached hydrogens (tertiary/aromatic N) is 2. The highest BCUT2D eigenvalue weighted by atomic mass is 16.3. The zero-order valence-electron chi connectivity index (χ0n) is 17.9. The summed E-state index contributed by atoms with van der Waals surface area (Å²) in [6, 6.07) is 9.06. The molecular weight excluding hydrogens is 284 g/mol. The van der Waals surface area contributed by atoms with Gasteiger partial charge in [0, 0.05) is 40.6 Å². The van der Waals surface area contributed by atoms with Gasteiger partial charge in [-0.25, -0.2) is 0 Å². The zero-order valence-corrected chi connectivity index (χ0v) is 13.9. The van der Waals surface area contributed by atoms with Gasteiger partial charge in [0.25, 0.3) is 0 Å². The molecule has 2 atom stereocenters. The van der Waals surface area contributed by atoms with Crippen molar-refractivity contribution in [1.82, 2.24) is 9.88 Å². The zero-order chi connectivity index (χ0) is 20.0. The van der Waals surface area contributed by atoms with E-state index in [1.165, 1.54) is 6.20 Å². The number of aliphatic hydroxyl groups is 1. The number of likely N-dealkylation sites (tertiary alicyclic amines) is 1. The minimum atomic E-state index is -2.07. The Morgan fingerprint density at radius 1 is 1.30 bits per heavy atom. The van der Waals surface area contributed by atoms with Crippen molar-refractivity contribution in [3.63, 3.8) is 0 Å². The molecule has 0 bridgehead atoms. The monoisotopic (exact) mass is 314 g/mol. The Labute approximate surface area is 144 Å². The van der Waals surface area contributed by atoms with Crippen molar-refractivity contribution < 1.29 is 10.6 Å². The number of pyridine rings is 1. The fourth-order valence-corrected chi connectivity index (χ4v) is 3.77. The molecule has 122 valence electrons. The highest BCUT2D eigenvalue weighted by molar-refractivity contribution is 5.40. The van der Waals surface area contributed by atoms with Gasteiger partial charge in [0.15, 0.2) is 0 Å². The lowest BCUT2D eigenvalue weighted by atomic mass is 9.62. The maximum absolute atomic E-state index is 11.9. The van der Waals surface area contributed by atoms with Crippen molar-refractivity contribution in [3.05, 3.63) is 65.5 Å². The van der Waals surface area contributed by atoms with E-state index < -0.39 is 23.8 Å². The molecule has 3 nitrogen and oxygen atoms in total. The standard InChI is InChI=1S/C20H26N2O/c1-15(2)16-7-9-17(10-8-16)20(23,18-6-5-11-21-12-18)19(3)13-22(4)14-19/h5-12,15,23H,13-14H2,1-4H3/t20-/m0/s1/i1D3,5D/t15?,20-. The molecule has 2 heterocycles. The van der Waals surface area contributed by atoms with Crippen LogP contribution in [0.15, 0.2) is 48.8 Å². The van der Waals surface area contributed by atoms with Crippen LogP contribution in [-0.2, 0) is 5.60 Å². The SMILES string of the molecule is [2H]c1cncc([C@@](O)(c2ccc(C(C)C([2H])([2H])[2H])cc2)C2(C)CN(C)C2)c1. The Bertz CT molecular complexity index is 815. The van der Waals surface area contributed by atoms with Crippen molar-refractivity contribution >= 4 is 0 Å². The molecule has 0 saturated carbocycles. The second kappa shape index (κ2) is 5.73. The quantitative estimate of drug-likeness (QED) is 0.940. The first-order chi connectivity index (χ1) is 12.5. The van der Waals surface area contributed by atoms with Gasteiger partial charge in [-0.2, -0.15) is 0 Å². The third kappa shape index (κ3) is 2.58. The Hall–Kier alpha value is -1.71. The average molecular weight is 314 g/mol. The minimum absolute atomic E-state index is 0.245. The van der Waals surface area contributed by atoms with E-state index in [0.717, 1.165) is 0 Å². The molecule has 0 amide bonds. The van der Waals surface area contributed by atoms with Gasteiger partial charge in [0.05, 0.1) is 1.37 Å². The molecule has 23 heavy (non-hydrogen) atoms. The van der Waals surface area contributed by atoms with E-state index in [-0.39, 0.29) is 6.04 Å². The summed E-state index contributed by atoms with van der Waals surface area (Å²) in [6.45, 7) is 3.06. The lowest BCUT2D eigenvalue weighted by molar-refractivity contribution is -0.127. The first kappa shape index (κ1) is 11.8. The smallest absolute Gasteiger partial charge is 0.124 e. The van der Waals surface area contributed by atoms with E-state index in [9.17, 15) is 5.11 Å². The van der Waals surface area contributed by atoms with Crippen LogP contribution in [0, 0.1) is 5.41 Å². The van der Waals surface area contributed by atoms with E-state index in [4.69, 9.17) is 5.48 Å². The molecule has 0 aliphatic carbocycles. The van der Waals surface area contributed by atoms with Crippen LogP contribution in [0.4, 0.5) is 0 Å². The lowest BCUT2D eigenvalue weighted by Crippen LogP contribution is -2.63. The van der Waals surface area contributed by atoms with Gasteiger partial charge < -0.3 is 10.0 Å². The molecule has 1 aromatic heterocycles. The molecule has 3 rings (SSSR count). The van der Waals surface area contributed by atoms with Crippen molar-refractivity contribution in [2.75, 3.05) is 20.1 Å². The fourth-order valence-electron chi connectivity index (χ4n) is 3.77. The number of hydrogen-bond acceptors (Lipinski definition) is 3. The summed E-state index contributed by atoms with van der Waals surface area (Å²) in [5.41, 5.74) is 0.234. The van der Waals surface area contributed by atoms with Gasteiger partial charge >= 0.3 is 0 Å². The van der Waals surface area contributed by atoms with Crippen molar-refractivity contribution in [3.8, 4) is 0 Å². The number of aromatic nitrogens is 1. The third-order valence-electron chi connectivity index (χ3n) is 4.96. The third-order valence-corrected chi connectivity index (χ3v) is 4.96. The molecule has 1 aliphatic rings. The van der Waals surface area contributed by atoms with Crippen LogP contribution in [0.3, 0.4) is 0 Å². The van der Waals surface area contributed by atoms with Crippen LogP contribution >= 0.6 is 0 Å². The summed E-state index contributed by atoms with van der Waals surface area (Å²) in [4.78, 5) is 6.24. The fraction of sp³-hybridized carbons (Fsp3) is 0.450. The summed E-state index contributed by atoms with van der Waals surface area (Å²) in [7, 11) is 2.00. The van der Waals surface area contributed by atoms with E-state index in [1.807, 2.05) is 14.0 Å². The molecule has 0 spiro atoms. The van der Waals surface area contributed by atoms with Crippen molar-refractivity contribution in [1.29, 1.82) is 0 Å². The van der Waals surface area contributed by atoms with Gasteiger partial charge in [-0.05, 0) is 30.1 Å². The van der Waals surface area contributed by atoms with Gasteiger partial charge in [-0.1, -0.05) is 51.0 Å². The molecule has 3 heteroatoms. The molecule has 1 saturated heterocycles. The average Bonchev–Trinajstić information content (AvgIpc) is 2.58. The topological polar surface area (TPSA) is 36.4 Å². The van der Waals surface area contributed by atoms with E-state index in [2.05, 4.69) is 9.88 Å². The normalized spacial score (nSPS) is 24.3. The maximum atomic E-state index is 11.9. The molecule has 0 radical (unpaired) electrons. The molecule has 1 N–H and O–H groups in total. The van der Waals surface area contributed by atoms with Crippen LogP contribution in [0.2, 0.25) is 0 Å². The maximum Gasteiger partial charge on any atom is 0.124 e. The largest absolute Gasteiger partial charge is 0.380 e. The molecule has 1 aliphatic heterocycles. The van der Waals surface area contributed by atoms with Crippen LogP contribution in [0.1, 0.15) is 48.8 Å². The first-order valence-corrected chi connectivity index (χ1v) is 7.91. The Morgan fingerprint density at radius 2 is 2.00 bits per heavy atom. The second-order valence-corrected chi connectivity index (χ2v) is 6.96. The summed E-state index contributed by atoms with van der Waals surface area (Å²) in [6.07, 6.45) is 3.06. The van der Waals surface area contributed by atoms with Crippen LogP contribution in [0.25, 0.3) is 0 Å². The summed E-state index contributed by atoms with van der Waals surface area (Å²) >= 11 is 0. The van der Waals surface area contributed by atoms with E-state index in [1.54, 1.807) is 43.5 Å². The highest BCUT2D eigenvalue weighted by Gasteiger charge is 2.55. The summed E-state index contributed by atoms with van der Waals surface area (Å²) < 4.78 is 30.8. The summed E-state index contributed by atoms with van der Waals surface area (Å²) in [5.74, 6) is -0.580.